The van der Waals surface area contributed by atoms with Crippen LogP contribution in [0, 0.1) is 0 Å². The number of carbonyl (C=O) groups excluding carboxylic acids is 1. The van der Waals surface area contributed by atoms with E-state index >= 15 is 0 Å². The van der Waals surface area contributed by atoms with Crippen LogP contribution in [0.25, 0.3) is 10.9 Å². The van der Waals surface area contributed by atoms with Crippen molar-refractivity contribution in [1.29, 1.82) is 0 Å². The molecule has 0 atom stereocenters. The largest absolute Gasteiger partial charge is 0.494 e. The first-order valence-corrected chi connectivity index (χ1v) is 20.3. The number of carbonyl (C=O) groups is 1. The molecule has 1 aromatic heterocycles. The van der Waals surface area contributed by atoms with E-state index in [2.05, 4.69) is 27.0 Å². The van der Waals surface area contributed by atoms with Crippen molar-refractivity contribution in [3.05, 3.63) is 58.6 Å². The third-order valence-corrected chi connectivity index (χ3v) is 10.4. The van der Waals surface area contributed by atoms with E-state index in [4.69, 9.17) is 37.4 Å². The number of pyridine rings is 1. The van der Waals surface area contributed by atoms with Gasteiger partial charge >= 0.3 is 6.09 Å². The number of alkyl carbamates (subject to hydrolysis) is 1. The van der Waals surface area contributed by atoms with Gasteiger partial charge in [0.2, 0.25) is 12.7 Å². The average molecular weight is 744 g/mol. The number of hydrogen-bond donors (Lipinski definition) is 1. The average Bonchev–Trinajstić information content (AvgIpc) is 3.14. The van der Waals surface area contributed by atoms with Crippen LogP contribution in [0.5, 0.6) is 11.6 Å². The Balaban J connectivity index is 1.00. The lowest BCUT2D eigenvalue weighted by molar-refractivity contribution is 0.0570. The summed E-state index contributed by atoms with van der Waals surface area (Å²) in [7, 11) is 0. The van der Waals surface area contributed by atoms with Crippen LogP contribution in [0.4, 0.5) is 10.5 Å². The maximum Gasteiger partial charge on any atom is 0.410 e. The number of benzene rings is 2. The molecule has 1 saturated heterocycles. The highest BCUT2D eigenvalue weighted by atomic mass is 35.5. The monoisotopic (exact) mass is 742 g/mol. The molecule has 0 saturated carbocycles. The van der Waals surface area contributed by atoms with Crippen LogP contribution in [-0.2, 0) is 4.74 Å². The number of amides is 1. The third-order valence-electron chi connectivity index (χ3n) is 9.62. The van der Waals surface area contributed by atoms with Crippen molar-refractivity contribution in [2.24, 2.45) is 0 Å². The second-order valence-electron chi connectivity index (χ2n) is 13.7. The molecule has 10 heteroatoms. The van der Waals surface area contributed by atoms with Crippen LogP contribution in [0.1, 0.15) is 110 Å². The zero-order valence-electron chi connectivity index (χ0n) is 30.8. The van der Waals surface area contributed by atoms with Gasteiger partial charge in [-0.25, -0.2) is 9.78 Å². The topological polar surface area (TPSA) is 76.2 Å². The molecule has 1 amide bonds. The molecule has 1 aliphatic rings. The van der Waals surface area contributed by atoms with Crippen LogP contribution in [0.3, 0.4) is 0 Å². The van der Waals surface area contributed by atoms with E-state index in [1.165, 1.54) is 77.0 Å². The summed E-state index contributed by atoms with van der Waals surface area (Å²) < 4.78 is 16.9. The third kappa shape index (κ3) is 15.7. The van der Waals surface area contributed by atoms with E-state index in [1.807, 2.05) is 42.5 Å². The van der Waals surface area contributed by atoms with Crippen LogP contribution >= 0.6 is 23.2 Å². The predicted molar refractivity (Wildman–Crippen MR) is 212 cm³/mol. The van der Waals surface area contributed by atoms with Gasteiger partial charge in [0.1, 0.15) is 5.75 Å². The summed E-state index contributed by atoms with van der Waals surface area (Å²) in [5.41, 5.74) is 1.78. The van der Waals surface area contributed by atoms with E-state index in [9.17, 15) is 4.79 Å². The molecule has 1 fully saturated rings. The molecular formula is C41H60Cl2N4O4. The van der Waals surface area contributed by atoms with Gasteiger partial charge in [0.05, 0.1) is 27.9 Å². The van der Waals surface area contributed by atoms with Gasteiger partial charge in [-0.05, 0) is 56.1 Å². The number of ether oxygens (including phenoxy) is 3. The zero-order valence-corrected chi connectivity index (χ0v) is 32.3. The van der Waals surface area contributed by atoms with Crippen molar-refractivity contribution >= 4 is 45.9 Å². The van der Waals surface area contributed by atoms with Gasteiger partial charge in [0.15, 0.2) is 0 Å². The second kappa shape index (κ2) is 24.3. The Morgan fingerprint density at radius 1 is 0.765 bits per heavy atom. The standard InChI is InChI=1S/C41H60Cl2N4O4/c1-2-3-4-5-6-7-8-9-10-11-12-13-14-15-25-44-41(48)51-33-50-39-24-22-34-21-23-35(32-37(34)45-39)49-31-17-16-26-46-27-29-47(30-28-46)38-20-18-19-36(42)40(38)43/h18-24,32H,2-17,25-31,33H2,1H3,(H,44,48). The fraction of sp³-hybridized carbons (Fsp3) is 0.610. The first-order chi connectivity index (χ1) is 25.0. The summed E-state index contributed by atoms with van der Waals surface area (Å²) in [6, 6.07) is 15.4. The summed E-state index contributed by atoms with van der Waals surface area (Å²) in [4.78, 5) is 21.5. The molecule has 2 aromatic carbocycles. The molecule has 0 bridgehead atoms. The Morgan fingerprint density at radius 2 is 1.43 bits per heavy atom. The smallest absolute Gasteiger partial charge is 0.410 e. The molecule has 0 radical (unpaired) electrons. The molecule has 282 valence electrons. The Bertz CT molecular complexity index is 1420. The van der Waals surface area contributed by atoms with E-state index in [-0.39, 0.29) is 6.79 Å². The minimum atomic E-state index is -0.467. The zero-order chi connectivity index (χ0) is 35.9. The van der Waals surface area contributed by atoms with Gasteiger partial charge in [-0.2, -0.15) is 0 Å². The van der Waals surface area contributed by atoms with E-state index < -0.39 is 6.09 Å². The van der Waals surface area contributed by atoms with Crippen LogP contribution in [-0.4, -0.2) is 68.6 Å². The molecular weight excluding hydrogens is 683 g/mol. The van der Waals surface area contributed by atoms with Crippen molar-refractivity contribution in [3.8, 4) is 11.6 Å². The van der Waals surface area contributed by atoms with Crippen LogP contribution in [0.2, 0.25) is 10.0 Å². The van der Waals surface area contributed by atoms with Crippen molar-refractivity contribution in [2.45, 2.75) is 110 Å². The molecule has 0 spiro atoms. The molecule has 0 aliphatic carbocycles. The summed E-state index contributed by atoms with van der Waals surface area (Å²) in [5, 5.41) is 5.04. The number of fused-ring (bicyclic) bond motifs is 1. The van der Waals surface area contributed by atoms with E-state index in [0.29, 0.717) is 29.1 Å². The Hall–Kier alpha value is -2.94. The van der Waals surface area contributed by atoms with Gasteiger partial charge in [0, 0.05) is 50.2 Å². The minimum absolute atomic E-state index is 0.192. The maximum absolute atomic E-state index is 12.1. The lowest BCUT2D eigenvalue weighted by Gasteiger charge is -2.36. The van der Waals surface area contributed by atoms with Gasteiger partial charge in [-0.1, -0.05) is 120 Å². The van der Waals surface area contributed by atoms with Crippen LogP contribution < -0.4 is 19.7 Å². The highest BCUT2D eigenvalue weighted by molar-refractivity contribution is 6.43. The number of nitrogens with one attached hydrogen (secondary N) is 1. The maximum atomic E-state index is 12.1. The van der Waals surface area contributed by atoms with E-state index in [1.54, 1.807) is 6.07 Å². The second-order valence-corrected chi connectivity index (χ2v) is 14.5. The highest BCUT2D eigenvalue weighted by Crippen LogP contribution is 2.33. The molecule has 4 rings (SSSR count). The number of aromatic nitrogens is 1. The summed E-state index contributed by atoms with van der Waals surface area (Å²) in [5.74, 6) is 1.18. The van der Waals surface area contributed by atoms with Gasteiger partial charge in [-0.15, -0.1) is 0 Å². The predicted octanol–water partition coefficient (Wildman–Crippen LogP) is 11.1. The Morgan fingerprint density at radius 3 is 2.14 bits per heavy atom. The molecule has 8 nitrogen and oxygen atoms in total. The van der Waals surface area contributed by atoms with Crippen molar-refractivity contribution < 1.29 is 19.0 Å². The highest BCUT2D eigenvalue weighted by Gasteiger charge is 2.19. The Labute approximate surface area is 316 Å². The number of nitrogens with zero attached hydrogens (tertiary/aromatic N) is 3. The number of unbranched alkanes of at least 4 members (excludes halogenated alkanes) is 14. The minimum Gasteiger partial charge on any atom is -0.494 e. The number of halogens is 2. The number of anilines is 1. The molecule has 1 aliphatic heterocycles. The Kier molecular flexibility index (Phi) is 19.5. The van der Waals surface area contributed by atoms with Crippen molar-refractivity contribution in [2.75, 3.05) is 57.6 Å². The first-order valence-electron chi connectivity index (χ1n) is 19.5. The normalized spacial score (nSPS) is 13.4. The molecule has 2 heterocycles. The van der Waals surface area contributed by atoms with Crippen molar-refractivity contribution in [1.82, 2.24) is 15.2 Å². The lowest BCUT2D eigenvalue weighted by atomic mass is 10.0. The SMILES string of the molecule is CCCCCCCCCCCCCCCCNC(=O)OCOc1ccc2ccc(OCCCCN3CCN(c4cccc(Cl)c4Cl)CC3)cc2n1. The number of hydrogen-bond acceptors (Lipinski definition) is 7. The van der Waals surface area contributed by atoms with Crippen molar-refractivity contribution in [3.63, 3.8) is 0 Å². The van der Waals surface area contributed by atoms with Gasteiger partial charge in [-0.3, -0.25) is 4.90 Å². The fourth-order valence-corrected chi connectivity index (χ4v) is 6.94. The number of piperazine rings is 1. The number of rotatable bonds is 25. The molecule has 1 N–H and O–H groups in total. The summed E-state index contributed by atoms with van der Waals surface area (Å²) >= 11 is 12.6. The van der Waals surface area contributed by atoms with Crippen LogP contribution in [0.15, 0.2) is 48.5 Å². The molecule has 0 unspecified atom stereocenters. The van der Waals surface area contributed by atoms with Gasteiger partial charge in [0.25, 0.3) is 0 Å². The molecule has 51 heavy (non-hydrogen) atoms. The van der Waals surface area contributed by atoms with E-state index in [0.717, 1.165) is 80.7 Å². The first kappa shape index (κ1) is 40.8. The quantitative estimate of drug-likeness (QED) is 0.0684. The summed E-state index contributed by atoms with van der Waals surface area (Å²) in [6.07, 6.45) is 19.9. The fourth-order valence-electron chi connectivity index (χ4n) is 6.53. The molecule has 3 aromatic rings. The lowest BCUT2D eigenvalue weighted by Crippen LogP contribution is -2.46. The summed E-state index contributed by atoms with van der Waals surface area (Å²) in [6.45, 7) is 8.25. The van der Waals surface area contributed by atoms with Gasteiger partial charge < -0.3 is 24.4 Å².